The number of hydrogen-bond donors (Lipinski definition) is 0. The molecule has 0 saturated carbocycles. The molecule has 7 heteroatoms. The summed E-state index contributed by atoms with van der Waals surface area (Å²) in [6, 6.07) is 21.8. The van der Waals surface area contributed by atoms with Crippen LogP contribution in [0.4, 0.5) is 5.69 Å². The summed E-state index contributed by atoms with van der Waals surface area (Å²) >= 11 is 0. The number of ether oxygens (including phenoxy) is 1. The van der Waals surface area contributed by atoms with Gasteiger partial charge in [-0.1, -0.05) is 30.3 Å². The number of carbonyl (C=O) groups is 1. The summed E-state index contributed by atoms with van der Waals surface area (Å²) in [4.78, 5) is 15.4. The van der Waals surface area contributed by atoms with Gasteiger partial charge in [0.15, 0.2) is 0 Å². The van der Waals surface area contributed by atoms with Crippen LogP contribution >= 0.6 is 0 Å². The largest absolute Gasteiger partial charge is 0.497 e. The Kier molecular flexibility index (Phi) is 6.04. The number of likely N-dealkylation sites (tertiary alicyclic amines) is 1. The van der Waals surface area contributed by atoms with Crippen LogP contribution in [0.3, 0.4) is 0 Å². The summed E-state index contributed by atoms with van der Waals surface area (Å²) in [5.41, 5.74) is 3.36. The molecular formula is C27H28N2O4S. The summed E-state index contributed by atoms with van der Waals surface area (Å²) < 4.78 is 33.5. The van der Waals surface area contributed by atoms with Gasteiger partial charge in [0.1, 0.15) is 5.75 Å². The molecule has 3 aromatic carbocycles. The van der Waals surface area contributed by atoms with Gasteiger partial charge in [-0.3, -0.25) is 9.10 Å². The maximum atomic E-state index is 13.4. The molecule has 0 aromatic heterocycles. The highest BCUT2D eigenvalue weighted by atomic mass is 32.2. The van der Waals surface area contributed by atoms with Gasteiger partial charge in [-0.05, 0) is 79.3 Å². The van der Waals surface area contributed by atoms with E-state index < -0.39 is 10.0 Å². The van der Waals surface area contributed by atoms with Crippen molar-refractivity contribution < 1.29 is 17.9 Å². The lowest BCUT2D eigenvalue weighted by Crippen LogP contribution is -2.35. The number of rotatable bonds is 5. The van der Waals surface area contributed by atoms with Crippen LogP contribution in [0.1, 0.15) is 46.8 Å². The highest BCUT2D eigenvalue weighted by molar-refractivity contribution is 7.92. The van der Waals surface area contributed by atoms with Crippen molar-refractivity contribution >= 4 is 21.6 Å². The molecule has 1 saturated heterocycles. The molecule has 2 heterocycles. The molecular weight excluding hydrogens is 448 g/mol. The van der Waals surface area contributed by atoms with Gasteiger partial charge in [0, 0.05) is 18.7 Å². The standard InChI is InChI=1S/C27H28N2O4S/c1-33-23-14-10-21(11-15-23)25-9-5-18-28(25)27(30)22-12-16-24(17-13-22)34(31,32)29-19-4-7-20-6-2-3-8-26(20)29/h2-3,6,8,10-17,25H,4-5,7,9,18-19H2,1H3/t25-/m0/s1. The van der Waals surface area contributed by atoms with E-state index in [1.807, 2.05) is 53.4 Å². The Bertz CT molecular complexity index is 1290. The fourth-order valence-electron chi connectivity index (χ4n) is 4.99. The number of methoxy groups -OCH3 is 1. The summed E-state index contributed by atoms with van der Waals surface area (Å²) in [6.07, 6.45) is 3.50. The van der Waals surface area contributed by atoms with E-state index in [4.69, 9.17) is 4.74 Å². The normalized spacial score (nSPS) is 18.0. The molecule has 0 bridgehead atoms. The first-order valence-electron chi connectivity index (χ1n) is 11.6. The Morgan fingerprint density at radius 1 is 0.912 bits per heavy atom. The summed E-state index contributed by atoms with van der Waals surface area (Å²) in [7, 11) is -2.07. The van der Waals surface area contributed by atoms with Crippen molar-refractivity contribution in [3.8, 4) is 5.75 Å². The van der Waals surface area contributed by atoms with E-state index in [0.717, 1.165) is 48.2 Å². The van der Waals surface area contributed by atoms with Crippen LogP contribution in [0.5, 0.6) is 5.75 Å². The highest BCUT2D eigenvalue weighted by Gasteiger charge is 2.32. The minimum absolute atomic E-state index is 0.00617. The number of hydrogen-bond acceptors (Lipinski definition) is 4. The zero-order chi connectivity index (χ0) is 23.7. The van der Waals surface area contributed by atoms with Gasteiger partial charge in [-0.25, -0.2) is 8.42 Å². The first-order valence-corrected chi connectivity index (χ1v) is 13.1. The molecule has 0 aliphatic carbocycles. The molecule has 6 nitrogen and oxygen atoms in total. The van der Waals surface area contributed by atoms with Crippen molar-refractivity contribution in [2.24, 2.45) is 0 Å². The molecule has 5 rings (SSSR count). The first-order chi connectivity index (χ1) is 16.5. The molecule has 2 aliphatic heterocycles. The van der Waals surface area contributed by atoms with Gasteiger partial charge in [-0.15, -0.1) is 0 Å². The van der Waals surface area contributed by atoms with Crippen LogP contribution in [0, 0.1) is 0 Å². The lowest BCUT2D eigenvalue weighted by Gasteiger charge is -2.30. The average Bonchev–Trinajstić information content (AvgIpc) is 3.38. The molecule has 3 aromatic rings. The third kappa shape index (κ3) is 4.05. The molecule has 1 fully saturated rings. The van der Waals surface area contributed by atoms with Gasteiger partial charge in [-0.2, -0.15) is 0 Å². The summed E-state index contributed by atoms with van der Waals surface area (Å²) in [5, 5.41) is 0. The summed E-state index contributed by atoms with van der Waals surface area (Å²) in [6.45, 7) is 1.14. The lowest BCUT2D eigenvalue weighted by molar-refractivity contribution is 0.0735. The number of aryl methyl sites for hydroxylation is 1. The molecule has 1 atom stereocenters. The van der Waals surface area contributed by atoms with Gasteiger partial charge in [0.05, 0.1) is 23.7 Å². The Morgan fingerprint density at radius 2 is 1.65 bits per heavy atom. The number of amides is 1. The van der Waals surface area contributed by atoms with Crippen LogP contribution in [0.2, 0.25) is 0 Å². The van der Waals surface area contributed by atoms with Crippen LogP contribution in [0.25, 0.3) is 0 Å². The Labute approximate surface area is 200 Å². The Morgan fingerprint density at radius 3 is 2.38 bits per heavy atom. The molecule has 0 radical (unpaired) electrons. The number of benzene rings is 3. The van der Waals surface area contributed by atoms with Crippen LogP contribution in [-0.4, -0.2) is 39.4 Å². The quantitative estimate of drug-likeness (QED) is 0.530. The van der Waals surface area contributed by atoms with Gasteiger partial charge < -0.3 is 9.64 Å². The second kappa shape index (κ2) is 9.14. The third-order valence-corrected chi connectivity index (χ3v) is 8.60. The summed E-state index contributed by atoms with van der Waals surface area (Å²) in [5.74, 6) is 0.707. The van der Waals surface area contributed by atoms with E-state index >= 15 is 0 Å². The molecule has 0 N–H and O–H groups in total. The second-order valence-corrected chi connectivity index (χ2v) is 10.6. The van der Waals surface area contributed by atoms with Crippen molar-refractivity contribution in [1.82, 2.24) is 4.90 Å². The number of para-hydroxylation sites is 1. The predicted octanol–water partition coefficient (Wildman–Crippen LogP) is 4.81. The van der Waals surface area contributed by atoms with Crippen LogP contribution < -0.4 is 9.04 Å². The highest BCUT2D eigenvalue weighted by Crippen LogP contribution is 2.35. The average molecular weight is 477 g/mol. The predicted molar refractivity (Wildman–Crippen MR) is 132 cm³/mol. The molecule has 2 aliphatic rings. The SMILES string of the molecule is COc1ccc([C@@H]2CCCN2C(=O)c2ccc(S(=O)(=O)N3CCCc4ccccc43)cc2)cc1. The first kappa shape index (κ1) is 22.5. The number of anilines is 1. The van der Waals surface area contributed by atoms with Crippen LogP contribution in [-0.2, 0) is 16.4 Å². The van der Waals surface area contributed by atoms with E-state index in [9.17, 15) is 13.2 Å². The molecule has 176 valence electrons. The van der Waals surface area contributed by atoms with Crippen molar-refractivity contribution in [3.05, 3.63) is 89.5 Å². The minimum atomic E-state index is -3.70. The minimum Gasteiger partial charge on any atom is -0.497 e. The maximum absolute atomic E-state index is 13.4. The Balaban J connectivity index is 1.37. The number of fused-ring (bicyclic) bond motifs is 1. The van der Waals surface area contributed by atoms with E-state index in [1.165, 1.54) is 4.31 Å². The van der Waals surface area contributed by atoms with E-state index in [0.29, 0.717) is 18.7 Å². The molecule has 34 heavy (non-hydrogen) atoms. The van der Waals surface area contributed by atoms with E-state index in [-0.39, 0.29) is 16.8 Å². The van der Waals surface area contributed by atoms with Gasteiger partial charge in [0.25, 0.3) is 15.9 Å². The second-order valence-electron chi connectivity index (χ2n) is 8.76. The fraction of sp³-hybridized carbons (Fsp3) is 0.296. The van der Waals surface area contributed by atoms with Crippen LogP contribution in [0.15, 0.2) is 77.7 Å². The monoisotopic (exact) mass is 476 g/mol. The number of carbonyl (C=O) groups excluding carboxylic acids is 1. The fourth-order valence-corrected chi connectivity index (χ4v) is 6.53. The molecule has 0 spiro atoms. The van der Waals surface area contributed by atoms with Crippen molar-refractivity contribution in [2.45, 2.75) is 36.6 Å². The molecule has 0 unspecified atom stereocenters. The topological polar surface area (TPSA) is 66.9 Å². The van der Waals surface area contributed by atoms with Crippen molar-refractivity contribution in [2.75, 3.05) is 24.5 Å². The van der Waals surface area contributed by atoms with E-state index in [1.54, 1.807) is 31.4 Å². The smallest absolute Gasteiger partial charge is 0.264 e. The lowest BCUT2D eigenvalue weighted by atomic mass is 10.0. The Hall–Kier alpha value is -3.32. The molecule has 1 amide bonds. The zero-order valence-corrected chi connectivity index (χ0v) is 20.0. The van der Waals surface area contributed by atoms with E-state index in [2.05, 4.69) is 0 Å². The third-order valence-electron chi connectivity index (χ3n) is 6.77. The van der Waals surface area contributed by atoms with Gasteiger partial charge in [0.2, 0.25) is 0 Å². The van der Waals surface area contributed by atoms with Gasteiger partial charge >= 0.3 is 0 Å². The van der Waals surface area contributed by atoms with Crippen molar-refractivity contribution in [3.63, 3.8) is 0 Å². The zero-order valence-electron chi connectivity index (χ0n) is 19.2. The van der Waals surface area contributed by atoms with Crippen molar-refractivity contribution in [1.29, 1.82) is 0 Å². The maximum Gasteiger partial charge on any atom is 0.264 e. The number of nitrogens with zero attached hydrogens (tertiary/aromatic N) is 2. The number of sulfonamides is 1.